The number of carbonyl (C=O) groups is 1. The molecule has 0 amide bonds. The van der Waals surface area contributed by atoms with Crippen LogP contribution in [0.1, 0.15) is 168 Å². The summed E-state index contributed by atoms with van der Waals surface area (Å²) in [7, 11) is 0. The molecule has 0 spiro atoms. The van der Waals surface area contributed by atoms with Crippen molar-refractivity contribution in [2.75, 3.05) is 26.4 Å². The minimum Gasteiger partial charge on any atom is -0.457 e. The standard InChI is InChI=1S/C43H78O9/c1-3-5-7-9-11-13-15-17-18-19-21-23-25-27-29-31-33-49-35-37(36-50-43-42(48)41(47)40(46)38(34-44)52-43)51-39(45)32-30-28-26-24-22-20-16-14-12-10-8-6-4-2/h6,8,12,14,20,22,37-38,40-44,46-48H,3-5,7,9-11,13,15-19,21,23-36H2,1-2H3/b8-6-,14-12-,22-20-. The van der Waals surface area contributed by atoms with E-state index in [1.165, 1.54) is 89.9 Å². The third kappa shape index (κ3) is 26.2. The molecule has 6 atom stereocenters. The maximum Gasteiger partial charge on any atom is 0.306 e. The van der Waals surface area contributed by atoms with Crippen molar-refractivity contribution in [1.82, 2.24) is 0 Å². The molecule has 52 heavy (non-hydrogen) atoms. The van der Waals surface area contributed by atoms with Gasteiger partial charge in [0.25, 0.3) is 0 Å². The normalized spacial score (nSPS) is 21.5. The van der Waals surface area contributed by atoms with E-state index < -0.39 is 43.4 Å². The Bertz CT molecular complexity index is 890. The first kappa shape index (κ1) is 48.4. The van der Waals surface area contributed by atoms with Gasteiger partial charge in [0.1, 0.15) is 30.5 Å². The molecule has 304 valence electrons. The van der Waals surface area contributed by atoms with Gasteiger partial charge < -0.3 is 39.4 Å². The molecular formula is C43H78O9. The number of allylic oxidation sites excluding steroid dienone is 6. The van der Waals surface area contributed by atoms with Gasteiger partial charge in [-0.3, -0.25) is 4.79 Å². The first-order chi connectivity index (χ1) is 25.4. The maximum absolute atomic E-state index is 12.7. The summed E-state index contributed by atoms with van der Waals surface area (Å²) in [5.74, 6) is -0.341. The summed E-state index contributed by atoms with van der Waals surface area (Å²) in [6, 6.07) is 0. The van der Waals surface area contributed by atoms with Crippen LogP contribution < -0.4 is 0 Å². The first-order valence-corrected chi connectivity index (χ1v) is 21.1. The van der Waals surface area contributed by atoms with Crippen LogP contribution in [-0.4, -0.2) is 89.6 Å². The minimum absolute atomic E-state index is 0.123. The second-order valence-corrected chi connectivity index (χ2v) is 14.4. The SMILES string of the molecule is CC/C=C\C/C=C\C/C=C\CCCCCC(=O)OC(COCCCCCCCCCCCCCCCCCC)COC1OC(CO)C(O)C(O)C1O. The highest BCUT2D eigenvalue weighted by Gasteiger charge is 2.44. The number of rotatable bonds is 35. The Hall–Kier alpha value is -1.59. The van der Waals surface area contributed by atoms with Gasteiger partial charge in [0.2, 0.25) is 0 Å². The number of hydrogen-bond acceptors (Lipinski definition) is 9. The van der Waals surface area contributed by atoms with Crippen LogP contribution >= 0.6 is 0 Å². The largest absolute Gasteiger partial charge is 0.457 e. The van der Waals surface area contributed by atoms with E-state index in [1.54, 1.807) is 0 Å². The van der Waals surface area contributed by atoms with Crippen LogP contribution in [-0.2, 0) is 23.7 Å². The van der Waals surface area contributed by atoms with Crippen LogP contribution in [0.3, 0.4) is 0 Å². The Morgan fingerprint density at radius 1 is 0.635 bits per heavy atom. The van der Waals surface area contributed by atoms with Crippen LogP contribution in [0.4, 0.5) is 0 Å². The molecule has 1 fully saturated rings. The Kier molecular flexibility index (Phi) is 32.7. The van der Waals surface area contributed by atoms with E-state index in [1.807, 2.05) is 0 Å². The van der Waals surface area contributed by atoms with Crippen molar-refractivity contribution < 1.29 is 44.2 Å². The van der Waals surface area contributed by atoms with E-state index in [2.05, 4.69) is 50.3 Å². The number of hydrogen-bond donors (Lipinski definition) is 4. The number of aliphatic hydroxyl groups is 4. The van der Waals surface area contributed by atoms with Crippen molar-refractivity contribution in [1.29, 1.82) is 0 Å². The van der Waals surface area contributed by atoms with Crippen molar-refractivity contribution in [2.45, 2.75) is 205 Å². The van der Waals surface area contributed by atoms with Gasteiger partial charge in [-0.25, -0.2) is 0 Å². The van der Waals surface area contributed by atoms with Gasteiger partial charge in [-0.05, 0) is 44.9 Å². The second kappa shape index (κ2) is 35.1. The van der Waals surface area contributed by atoms with Gasteiger partial charge in [0.15, 0.2) is 6.29 Å². The zero-order valence-corrected chi connectivity index (χ0v) is 33.1. The molecule has 0 aromatic carbocycles. The smallest absolute Gasteiger partial charge is 0.306 e. The van der Waals surface area contributed by atoms with Crippen LogP contribution in [0.5, 0.6) is 0 Å². The van der Waals surface area contributed by atoms with Crippen molar-refractivity contribution in [3.05, 3.63) is 36.5 Å². The molecule has 1 aliphatic heterocycles. The quantitative estimate of drug-likeness (QED) is 0.0286. The van der Waals surface area contributed by atoms with Gasteiger partial charge in [0.05, 0.1) is 19.8 Å². The Labute approximate surface area is 317 Å². The lowest BCUT2D eigenvalue weighted by Gasteiger charge is -2.39. The monoisotopic (exact) mass is 739 g/mol. The summed E-state index contributed by atoms with van der Waals surface area (Å²) in [5, 5.41) is 40.0. The van der Waals surface area contributed by atoms with E-state index in [4.69, 9.17) is 18.9 Å². The number of esters is 1. The number of unbranched alkanes of at least 4 members (excludes halogenated alkanes) is 18. The zero-order valence-electron chi connectivity index (χ0n) is 33.1. The summed E-state index contributed by atoms with van der Waals surface area (Å²) in [4.78, 5) is 12.7. The number of ether oxygens (including phenoxy) is 4. The van der Waals surface area contributed by atoms with Gasteiger partial charge in [-0.15, -0.1) is 0 Å². The molecule has 1 heterocycles. The molecule has 0 saturated carbocycles. The van der Waals surface area contributed by atoms with E-state index in [-0.39, 0.29) is 25.6 Å². The maximum atomic E-state index is 12.7. The predicted octanol–water partition coefficient (Wildman–Crippen LogP) is 8.80. The Morgan fingerprint density at radius 3 is 1.75 bits per heavy atom. The molecule has 1 aliphatic rings. The van der Waals surface area contributed by atoms with Crippen molar-refractivity contribution in [3.8, 4) is 0 Å². The summed E-state index contributed by atoms with van der Waals surface area (Å²) < 4.78 is 22.7. The molecule has 1 rings (SSSR count). The van der Waals surface area contributed by atoms with Crippen LogP contribution in [0, 0.1) is 0 Å². The van der Waals surface area contributed by atoms with Gasteiger partial charge >= 0.3 is 5.97 Å². The lowest BCUT2D eigenvalue weighted by Crippen LogP contribution is -2.59. The van der Waals surface area contributed by atoms with Crippen molar-refractivity contribution in [2.24, 2.45) is 0 Å². The van der Waals surface area contributed by atoms with E-state index in [0.29, 0.717) is 6.61 Å². The fourth-order valence-corrected chi connectivity index (χ4v) is 6.27. The molecule has 0 bridgehead atoms. The molecule has 6 unspecified atom stereocenters. The number of aliphatic hydroxyl groups excluding tert-OH is 4. The second-order valence-electron chi connectivity index (χ2n) is 14.4. The fraction of sp³-hybridized carbons (Fsp3) is 0.837. The molecule has 9 nitrogen and oxygen atoms in total. The average molecular weight is 739 g/mol. The molecular weight excluding hydrogens is 660 g/mol. The van der Waals surface area contributed by atoms with Gasteiger partial charge in [-0.2, -0.15) is 0 Å². The predicted molar refractivity (Wildman–Crippen MR) is 210 cm³/mol. The molecule has 0 aromatic rings. The van der Waals surface area contributed by atoms with E-state index in [9.17, 15) is 25.2 Å². The fourth-order valence-electron chi connectivity index (χ4n) is 6.27. The summed E-state index contributed by atoms with van der Waals surface area (Å²) >= 11 is 0. The van der Waals surface area contributed by atoms with E-state index in [0.717, 1.165) is 57.8 Å². The van der Waals surface area contributed by atoms with Gasteiger partial charge in [0, 0.05) is 13.0 Å². The zero-order chi connectivity index (χ0) is 37.9. The van der Waals surface area contributed by atoms with Crippen LogP contribution in [0.25, 0.3) is 0 Å². The molecule has 1 saturated heterocycles. The third-order valence-electron chi connectivity index (χ3n) is 9.57. The molecule has 0 aromatic heterocycles. The molecule has 0 radical (unpaired) electrons. The molecule has 9 heteroatoms. The van der Waals surface area contributed by atoms with Gasteiger partial charge in [-0.1, -0.05) is 153 Å². The topological polar surface area (TPSA) is 135 Å². The molecule has 4 N–H and O–H groups in total. The lowest BCUT2D eigenvalue weighted by molar-refractivity contribution is -0.305. The number of carbonyl (C=O) groups excluding carboxylic acids is 1. The highest BCUT2D eigenvalue weighted by atomic mass is 16.7. The van der Waals surface area contributed by atoms with Crippen molar-refractivity contribution >= 4 is 5.97 Å². The highest BCUT2D eigenvalue weighted by molar-refractivity contribution is 5.69. The first-order valence-electron chi connectivity index (χ1n) is 21.1. The Morgan fingerprint density at radius 2 is 1.17 bits per heavy atom. The summed E-state index contributed by atoms with van der Waals surface area (Å²) in [5.41, 5.74) is 0. The van der Waals surface area contributed by atoms with E-state index >= 15 is 0 Å². The lowest BCUT2D eigenvalue weighted by atomic mass is 9.99. The van der Waals surface area contributed by atoms with Crippen LogP contribution in [0.15, 0.2) is 36.5 Å². The average Bonchev–Trinajstić information content (AvgIpc) is 3.14. The molecule has 0 aliphatic carbocycles. The van der Waals surface area contributed by atoms with Crippen LogP contribution in [0.2, 0.25) is 0 Å². The highest BCUT2D eigenvalue weighted by Crippen LogP contribution is 2.22. The summed E-state index contributed by atoms with van der Waals surface area (Å²) in [6.45, 7) is 4.41. The Balaban J connectivity index is 2.30. The third-order valence-corrected chi connectivity index (χ3v) is 9.57. The summed E-state index contributed by atoms with van der Waals surface area (Å²) in [6.07, 6.45) is 33.1. The minimum atomic E-state index is -1.54. The van der Waals surface area contributed by atoms with Crippen molar-refractivity contribution in [3.63, 3.8) is 0 Å².